The highest BCUT2D eigenvalue weighted by atomic mass is 16.3. The van der Waals surface area contributed by atoms with Crippen molar-refractivity contribution in [3.8, 4) is 0 Å². The van der Waals surface area contributed by atoms with E-state index in [1.807, 2.05) is 52.3 Å². The lowest BCUT2D eigenvalue weighted by Crippen LogP contribution is -2.47. The topological polar surface area (TPSA) is 76.7 Å². The summed E-state index contributed by atoms with van der Waals surface area (Å²) in [6.07, 6.45) is 5.47. The third-order valence-electron chi connectivity index (χ3n) is 3.54. The molecule has 1 aliphatic rings. The molecule has 0 fully saturated rings. The summed E-state index contributed by atoms with van der Waals surface area (Å²) >= 11 is 0. The molecule has 1 aliphatic heterocycles. The molecule has 0 aromatic carbocycles. The summed E-state index contributed by atoms with van der Waals surface area (Å²) in [6, 6.07) is 11.6. The Hall–Kier alpha value is -2.80. The Kier molecular flexibility index (Phi) is 5.47. The van der Waals surface area contributed by atoms with Crippen LogP contribution in [-0.2, 0) is 6.54 Å². The lowest BCUT2D eigenvalue weighted by Gasteiger charge is -2.19. The van der Waals surface area contributed by atoms with Gasteiger partial charge in [0.05, 0.1) is 13.2 Å². The molecule has 24 heavy (non-hydrogen) atoms. The number of guanidine groups is 1. The van der Waals surface area contributed by atoms with E-state index >= 15 is 0 Å². The van der Waals surface area contributed by atoms with Crippen LogP contribution < -0.4 is 5.32 Å². The van der Waals surface area contributed by atoms with Crippen molar-refractivity contribution < 1.29 is 9.79 Å². The standard InChI is InChI=1S/C17H21N6O/c24-12-11-23(17-20-9-10-21-17)22(13-15-5-1-3-7-18-15)14-16-6-2-4-8-19-16/h1-8,13,24H,9-12,14H2,(H,20,21)/q+1/b22-13+. The van der Waals surface area contributed by atoms with E-state index in [1.54, 1.807) is 12.4 Å². The highest BCUT2D eigenvalue weighted by molar-refractivity contribution is 5.81. The van der Waals surface area contributed by atoms with Crippen molar-refractivity contribution >= 4 is 12.2 Å². The Bertz CT molecular complexity index is 702. The van der Waals surface area contributed by atoms with Crippen molar-refractivity contribution in [1.82, 2.24) is 20.3 Å². The van der Waals surface area contributed by atoms with Gasteiger partial charge < -0.3 is 10.4 Å². The van der Waals surface area contributed by atoms with E-state index in [0.717, 1.165) is 30.4 Å². The Labute approximate surface area is 141 Å². The van der Waals surface area contributed by atoms with Crippen LogP contribution in [-0.4, -0.2) is 63.2 Å². The number of aliphatic hydroxyl groups excluding tert-OH is 1. The average Bonchev–Trinajstić information content (AvgIpc) is 3.15. The molecule has 0 amide bonds. The fourth-order valence-electron chi connectivity index (χ4n) is 2.47. The summed E-state index contributed by atoms with van der Waals surface area (Å²) < 4.78 is 1.98. The van der Waals surface area contributed by atoms with Gasteiger partial charge in [-0.25, -0.2) is 4.99 Å². The van der Waals surface area contributed by atoms with E-state index < -0.39 is 0 Å². The van der Waals surface area contributed by atoms with Gasteiger partial charge >= 0.3 is 0 Å². The fourth-order valence-corrected chi connectivity index (χ4v) is 2.47. The first-order chi connectivity index (χ1) is 11.9. The molecule has 2 aromatic heterocycles. The molecule has 0 bridgehead atoms. The monoisotopic (exact) mass is 325 g/mol. The summed E-state index contributed by atoms with van der Waals surface area (Å²) in [5.41, 5.74) is 1.75. The third kappa shape index (κ3) is 4.14. The number of aromatic nitrogens is 2. The Morgan fingerprint density at radius 2 is 2.00 bits per heavy atom. The lowest BCUT2D eigenvalue weighted by molar-refractivity contribution is -0.677. The van der Waals surface area contributed by atoms with Crippen molar-refractivity contribution in [1.29, 1.82) is 0 Å². The van der Waals surface area contributed by atoms with Crippen LogP contribution in [0.3, 0.4) is 0 Å². The van der Waals surface area contributed by atoms with E-state index in [9.17, 15) is 5.11 Å². The number of nitrogens with one attached hydrogen (secondary N) is 1. The fraction of sp³-hybridized carbons (Fsp3) is 0.294. The second-order valence-electron chi connectivity index (χ2n) is 5.28. The molecule has 0 aliphatic carbocycles. The van der Waals surface area contributed by atoms with Crippen LogP contribution in [0.5, 0.6) is 0 Å². The highest BCUT2D eigenvalue weighted by Crippen LogP contribution is 2.04. The van der Waals surface area contributed by atoms with E-state index in [-0.39, 0.29) is 6.61 Å². The molecular weight excluding hydrogens is 304 g/mol. The smallest absolute Gasteiger partial charge is 0.251 e. The molecule has 7 heteroatoms. The van der Waals surface area contributed by atoms with Crippen LogP contribution in [0.1, 0.15) is 11.4 Å². The molecule has 0 saturated heterocycles. The maximum atomic E-state index is 9.48. The maximum absolute atomic E-state index is 9.48. The van der Waals surface area contributed by atoms with Gasteiger partial charge in [0, 0.05) is 18.9 Å². The molecule has 3 rings (SSSR count). The number of hydrazone groups is 1. The number of hydrazine groups is 1. The number of aliphatic hydroxyl groups is 1. The summed E-state index contributed by atoms with van der Waals surface area (Å²) in [6.45, 7) is 2.55. The normalized spacial score (nSPS) is 14.2. The number of nitrogens with zero attached hydrogens (tertiary/aromatic N) is 5. The minimum atomic E-state index is 0.0233. The maximum Gasteiger partial charge on any atom is 0.251 e. The number of hydrogen-bond acceptors (Lipinski definition) is 6. The molecule has 2 N–H and O–H groups in total. The molecule has 0 spiro atoms. The second kappa shape index (κ2) is 8.16. The molecule has 0 radical (unpaired) electrons. The minimum absolute atomic E-state index is 0.0233. The van der Waals surface area contributed by atoms with Gasteiger partial charge in [-0.1, -0.05) is 12.1 Å². The summed E-state index contributed by atoms with van der Waals surface area (Å²) in [7, 11) is 0. The van der Waals surface area contributed by atoms with Gasteiger partial charge in [-0.2, -0.15) is 0 Å². The van der Waals surface area contributed by atoms with Crippen LogP contribution in [0.2, 0.25) is 0 Å². The number of pyridine rings is 2. The molecule has 0 saturated carbocycles. The van der Waals surface area contributed by atoms with Crippen LogP contribution in [0.25, 0.3) is 0 Å². The molecule has 0 unspecified atom stereocenters. The molecule has 3 heterocycles. The SMILES string of the molecule is OCCN(C1=NCCN1)/[N+](=C/c1ccccn1)Cc1ccccn1. The van der Waals surface area contributed by atoms with Crippen LogP contribution in [0, 0.1) is 0 Å². The Morgan fingerprint density at radius 1 is 1.17 bits per heavy atom. The van der Waals surface area contributed by atoms with Crippen LogP contribution >= 0.6 is 0 Å². The number of aliphatic imine (C=N–C) groups is 1. The Morgan fingerprint density at radius 3 is 2.62 bits per heavy atom. The Balaban J connectivity index is 1.94. The van der Waals surface area contributed by atoms with E-state index in [2.05, 4.69) is 20.3 Å². The zero-order valence-corrected chi connectivity index (χ0v) is 13.4. The van der Waals surface area contributed by atoms with Gasteiger partial charge in [-0.3, -0.25) is 9.97 Å². The van der Waals surface area contributed by atoms with E-state index in [4.69, 9.17) is 0 Å². The highest BCUT2D eigenvalue weighted by Gasteiger charge is 2.25. The van der Waals surface area contributed by atoms with Gasteiger partial charge in [0.1, 0.15) is 17.9 Å². The summed E-state index contributed by atoms with van der Waals surface area (Å²) in [5, 5.41) is 14.7. The van der Waals surface area contributed by atoms with Gasteiger partial charge in [0.2, 0.25) is 12.8 Å². The third-order valence-corrected chi connectivity index (χ3v) is 3.54. The molecule has 7 nitrogen and oxygen atoms in total. The quantitative estimate of drug-likeness (QED) is 0.453. The first-order valence-corrected chi connectivity index (χ1v) is 7.96. The van der Waals surface area contributed by atoms with Gasteiger partial charge in [0.25, 0.3) is 5.96 Å². The van der Waals surface area contributed by atoms with Gasteiger partial charge in [-0.05, 0) is 24.3 Å². The second-order valence-corrected chi connectivity index (χ2v) is 5.28. The number of rotatable bonds is 6. The van der Waals surface area contributed by atoms with Crippen LogP contribution in [0.4, 0.5) is 0 Å². The zero-order chi connectivity index (χ0) is 16.6. The van der Waals surface area contributed by atoms with Crippen molar-refractivity contribution in [3.05, 3.63) is 60.2 Å². The largest absolute Gasteiger partial charge is 0.394 e. The predicted octanol–water partition coefficient (Wildman–Crippen LogP) is 0.277. The van der Waals surface area contributed by atoms with Crippen molar-refractivity contribution in [3.63, 3.8) is 0 Å². The van der Waals surface area contributed by atoms with Crippen molar-refractivity contribution in [2.24, 2.45) is 4.99 Å². The first-order valence-electron chi connectivity index (χ1n) is 7.96. The average molecular weight is 325 g/mol. The lowest BCUT2D eigenvalue weighted by atomic mass is 10.3. The van der Waals surface area contributed by atoms with Gasteiger partial charge in [0.15, 0.2) is 0 Å². The summed E-state index contributed by atoms with van der Waals surface area (Å²) in [5.74, 6) is 0.757. The van der Waals surface area contributed by atoms with Crippen molar-refractivity contribution in [2.45, 2.75) is 6.54 Å². The first kappa shape index (κ1) is 16.1. The van der Waals surface area contributed by atoms with E-state index in [0.29, 0.717) is 13.1 Å². The van der Waals surface area contributed by atoms with E-state index in [1.165, 1.54) is 0 Å². The minimum Gasteiger partial charge on any atom is -0.394 e. The van der Waals surface area contributed by atoms with Crippen molar-refractivity contribution in [2.75, 3.05) is 26.2 Å². The molecular formula is C17H21N6O+. The molecule has 124 valence electrons. The molecule has 0 atom stereocenters. The molecule has 2 aromatic rings. The summed E-state index contributed by atoms with van der Waals surface area (Å²) in [4.78, 5) is 13.2. The number of hydrogen-bond donors (Lipinski definition) is 2. The zero-order valence-electron chi connectivity index (χ0n) is 13.4. The van der Waals surface area contributed by atoms with Crippen LogP contribution in [0.15, 0.2) is 53.8 Å². The predicted molar refractivity (Wildman–Crippen MR) is 91.7 cm³/mol. The van der Waals surface area contributed by atoms with Gasteiger partial charge in [-0.15, -0.1) is 9.69 Å².